The average molecular weight is 323 g/mol. The number of amides is 1. The Morgan fingerprint density at radius 1 is 1.00 bits per heavy atom. The number of aromatic nitrogens is 1. The van der Waals surface area contributed by atoms with Crippen molar-refractivity contribution in [2.24, 2.45) is 5.92 Å². The lowest BCUT2D eigenvalue weighted by atomic mass is 9.84. The second-order valence-corrected chi connectivity index (χ2v) is 7.22. The second-order valence-electron chi connectivity index (χ2n) is 7.22. The van der Waals surface area contributed by atoms with Crippen molar-refractivity contribution in [3.63, 3.8) is 0 Å². The number of nitrogens with one attached hydrogen (secondary N) is 1. The first kappa shape index (κ1) is 15.5. The molecule has 3 aliphatic heterocycles. The first-order chi connectivity index (χ1) is 11.6. The zero-order valence-corrected chi connectivity index (χ0v) is 14.5. The van der Waals surface area contributed by atoms with Crippen LogP contribution in [0.1, 0.15) is 34.6 Å². The molecule has 0 saturated carbocycles. The van der Waals surface area contributed by atoms with Crippen LogP contribution in [0.25, 0.3) is 5.69 Å². The third kappa shape index (κ3) is 2.75. The van der Waals surface area contributed by atoms with Crippen molar-refractivity contribution < 1.29 is 4.79 Å². The summed E-state index contributed by atoms with van der Waals surface area (Å²) >= 11 is 0. The van der Waals surface area contributed by atoms with Crippen molar-refractivity contribution in [3.05, 3.63) is 53.3 Å². The topological polar surface area (TPSA) is 37.3 Å². The molecule has 0 aliphatic carbocycles. The molecule has 1 aromatic heterocycles. The van der Waals surface area contributed by atoms with Crippen LogP contribution in [0.5, 0.6) is 0 Å². The number of hydrogen-bond donors (Lipinski definition) is 1. The molecule has 4 heteroatoms. The Kier molecular flexibility index (Phi) is 3.93. The fraction of sp³-hybridized carbons (Fsp3) is 0.450. The maximum Gasteiger partial charge on any atom is 0.251 e. The van der Waals surface area contributed by atoms with Gasteiger partial charge in [-0.2, -0.15) is 0 Å². The third-order valence-corrected chi connectivity index (χ3v) is 5.63. The van der Waals surface area contributed by atoms with E-state index in [4.69, 9.17) is 0 Å². The summed E-state index contributed by atoms with van der Waals surface area (Å²) in [5.74, 6) is 0.713. The molecule has 1 aromatic carbocycles. The van der Waals surface area contributed by atoms with Gasteiger partial charge in [0, 0.05) is 35.2 Å². The normalized spacial score (nSPS) is 25.7. The second kappa shape index (κ2) is 6.10. The standard InChI is InChI=1S/C20H25N3O/c1-14-3-4-15(2)23(14)18-7-5-17(6-8-18)20(24)21-19-13-22-11-9-16(19)10-12-22/h3-8,16,19H,9-13H2,1-2H3,(H,21,24)/t19-/m0/s1. The molecule has 2 bridgehead atoms. The predicted octanol–water partition coefficient (Wildman–Crippen LogP) is 2.92. The molecule has 4 heterocycles. The fourth-order valence-corrected chi connectivity index (χ4v) is 4.22. The minimum absolute atomic E-state index is 0.0567. The summed E-state index contributed by atoms with van der Waals surface area (Å²) in [5, 5.41) is 3.26. The van der Waals surface area contributed by atoms with Gasteiger partial charge < -0.3 is 14.8 Å². The Morgan fingerprint density at radius 3 is 2.17 bits per heavy atom. The van der Waals surface area contributed by atoms with E-state index in [2.05, 4.69) is 40.8 Å². The molecule has 0 spiro atoms. The maximum atomic E-state index is 12.6. The highest BCUT2D eigenvalue weighted by molar-refractivity contribution is 5.94. The van der Waals surface area contributed by atoms with Crippen LogP contribution in [0, 0.1) is 19.8 Å². The molecule has 0 radical (unpaired) electrons. The van der Waals surface area contributed by atoms with E-state index in [0.717, 1.165) is 17.8 Å². The molecule has 3 fully saturated rings. The quantitative estimate of drug-likeness (QED) is 0.943. The van der Waals surface area contributed by atoms with Gasteiger partial charge >= 0.3 is 0 Å². The van der Waals surface area contributed by atoms with Crippen LogP contribution < -0.4 is 5.32 Å². The average Bonchev–Trinajstić information content (AvgIpc) is 2.95. The van der Waals surface area contributed by atoms with Gasteiger partial charge in [-0.3, -0.25) is 4.79 Å². The van der Waals surface area contributed by atoms with Crippen LogP contribution in [0.2, 0.25) is 0 Å². The third-order valence-electron chi connectivity index (χ3n) is 5.63. The van der Waals surface area contributed by atoms with Crippen LogP contribution in [0.15, 0.2) is 36.4 Å². The minimum atomic E-state index is 0.0567. The smallest absolute Gasteiger partial charge is 0.251 e. The number of aryl methyl sites for hydroxylation is 2. The van der Waals surface area contributed by atoms with Crippen LogP contribution in [0.3, 0.4) is 0 Å². The highest BCUT2D eigenvalue weighted by Crippen LogP contribution is 2.27. The molecule has 1 atom stereocenters. The molecule has 5 rings (SSSR count). The summed E-state index contributed by atoms with van der Waals surface area (Å²) in [7, 11) is 0. The number of carbonyl (C=O) groups excluding carboxylic acids is 1. The number of nitrogens with zero attached hydrogens (tertiary/aromatic N) is 2. The van der Waals surface area contributed by atoms with E-state index in [-0.39, 0.29) is 5.91 Å². The number of carbonyl (C=O) groups is 1. The van der Waals surface area contributed by atoms with Gasteiger partial charge in [0.1, 0.15) is 0 Å². The van der Waals surface area contributed by atoms with Gasteiger partial charge in [-0.15, -0.1) is 0 Å². The van der Waals surface area contributed by atoms with Gasteiger partial charge in [-0.05, 0) is 82.1 Å². The lowest BCUT2D eigenvalue weighted by Crippen LogP contribution is -2.57. The SMILES string of the molecule is Cc1ccc(C)n1-c1ccc(C(=O)N[C@H]2CN3CCC2CC3)cc1. The van der Waals surface area contributed by atoms with Crippen molar-refractivity contribution in [1.29, 1.82) is 0 Å². The lowest BCUT2D eigenvalue weighted by Gasteiger charge is -2.44. The molecular weight excluding hydrogens is 298 g/mol. The summed E-state index contributed by atoms with van der Waals surface area (Å²) in [5.41, 5.74) is 4.26. The van der Waals surface area contributed by atoms with Crippen molar-refractivity contribution in [2.45, 2.75) is 32.7 Å². The van der Waals surface area contributed by atoms with Crippen molar-refractivity contribution in [2.75, 3.05) is 19.6 Å². The van der Waals surface area contributed by atoms with Gasteiger partial charge in [-0.25, -0.2) is 0 Å². The van der Waals surface area contributed by atoms with Crippen molar-refractivity contribution in [1.82, 2.24) is 14.8 Å². The van der Waals surface area contributed by atoms with Crippen LogP contribution >= 0.6 is 0 Å². The van der Waals surface area contributed by atoms with E-state index < -0.39 is 0 Å². The molecule has 126 valence electrons. The van der Waals surface area contributed by atoms with E-state index in [9.17, 15) is 4.79 Å². The summed E-state index contributed by atoms with van der Waals surface area (Å²) in [6, 6.07) is 12.5. The number of benzene rings is 1. The number of hydrogen-bond acceptors (Lipinski definition) is 2. The Balaban J connectivity index is 1.48. The van der Waals surface area contributed by atoms with Crippen molar-refractivity contribution in [3.8, 4) is 5.69 Å². The van der Waals surface area contributed by atoms with E-state index >= 15 is 0 Å². The van der Waals surface area contributed by atoms with E-state index in [0.29, 0.717) is 12.0 Å². The van der Waals surface area contributed by atoms with Gasteiger partial charge in [0.15, 0.2) is 0 Å². The van der Waals surface area contributed by atoms with Crippen LogP contribution in [-0.4, -0.2) is 41.1 Å². The van der Waals surface area contributed by atoms with E-state index in [1.165, 1.54) is 37.3 Å². The first-order valence-electron chi connectivity index (χ1n) is 8.90. The van der Waals surface area contributed by atoms with Crippen LogP contribution in [-0.2, 0) is 0 Å². The largest absolute Gasteiger partial charge is 0.348 e. The van der Waals surface area contributed by atoms with Gasteiger partial charge in [0.2, 0.25) is 0 Å². The summed E-state index contributed by atoms with van der Waals surface area (Å²) in [4.78, 5) is 15.0. The monoisotopic (exact) mass is 323 g/mol. The summed E-state index contributed by atoms with van der Waals surface area (Å²) in [6.07, 6.45) is 2.44. The fourth-order valence-electron chi connectivity index (χ4n) is 4.22. The summed E-state index contributed by atoms with van der Waals surface area (Å²) < 4.78 is 2.20. The first-order valence-corrected chi connectivity index (χ1v) is 8.90. The Bertz CT molecular complexity index is 719. The number of piperidine rings is 3. The predicted molar refractivity (Wildman–Crippen MR) is 95.7 cm³/mol. The van der Waals surface area contributed by atoms with Crippen molar-refractivity contribution >= 4 is 5.91 Å². The zero-order chi connectivity index (χ0) is 16.7. The number of rotatable bonds is 3. The van der Waals surface area contributed by atoms with E-state index in [1.54, 1.807) is 0 Å². The van der Waals surface area contributed by atoms with E-state index in [1.807, 2.05) is 24.3 Å². The molecule has 4 nitrogen and oxygen atoms in total. The molecule has 2 aromatic rings. The maximum absolute atomic E-state index is 12.6. The lowest BCUT2D eigenvalue weighted by molar-refractivity contribution is 0.0620. The van der Waals surface area contributed by atoms with Gasteiger partial charge in [0.25, 0.3) is 5.91 Å². The Morgan fingerprint density at radius 2 is 1.62 bits per heavy atom. The minimum Gasteiger partial charge on any atom is -0.348 e. The molecule has 1 amide bonds. The van der Waals surface area contributed by atoms with Gasteiger partial charge in [0.05, 0.1) is 0 Å². The highest BCUT2D eigenvalue weighted by Gasteiger charge is 2.34. The number of fused-ring (bicyclic) bond motifs is 3. The molecule has 0 unspecified atom stereocenters. The molecule has 1 N–H and O–H groups in total. The van der Waals surface area contributed by atoms with Crippen LogP contribution in [0.4, 0.5) is 0 Å². The molecular formula is C20H25N3O. The summed E-state index contributed by atoms with van der Waals surface area (Å²) in [6.45, 7) is 7.60. The molecule has 3 aliphatic rings. The Labute approximate surface area is 143 Å². The Hall–Kier alpha value is -2.07. The molecule has 3 saturated heterocycles. The van der Waals surface area contributed by atoms with Gasteiger partial charge in [-0.1, -0.05) is 0 Å². The highest BCUT2D eigenvalue weighted by atomic mass is 16.1. The zero-order valence-electron chi connectivity index (χ0n) is 14.5. The molecule has 24 heavy (non-hydrogen) atoms.